The zero-order valence-corrected chi connectivity index (χ0v) is 15.4. The Balaban J connectivity index is 1.94. The average Bonchev–Trinajstić information content (AvgIpc) is 2.56. The molecule has 0 saturated carbocycles. The zero-order chi connectivity index (χ0) is 17.1. The summed E-state index contributed by atoms with van der Waals surface area (Å²) in [7, 11) is 0. The average molecular weight is 386 g/mol. The Labute approximate surface area is 157 Å². The summed E-state index contributed by atoms with van der Waals surface area (Å²) in [5.41, 5.74) is 7.78. The van der Waals surface area contributed by atoms with Crippen LogP contribution < -0.4 is 10.6 Å². The maximum Gasteiger partial charge on any atom is 0.0791 e. The molecule has 1 heterocycles. The van der Waals surface area contributed by atoms with Crippen molar-refractivity contribution in [3.8, 4) is 0 Å². The quantitative estimate of drug-likeness (QED) is 0.810. The maximum absolute atomic E-state index is 6.43. The van der Waals surface area contributed by atoms with E-state index in [1.165, 1.54) is 0 Å². The van der Waals surface area contributed by atoms with E-state index >= 15 is 0 Å². The van der Waals surface area contributed by atoms with Crippen LogP contribution in [0.1, 0.15) is 18.0 Å². The summed E-state index contributed by atoms with van der Waals surface area (Å²) in [5, 5.41) is 1.98. The highest BCUT2D eigenvalue weighted by Crippen LogP contribution is 2.36. The van der Waals surface area contributed by atoms with E-state index in [0.29, 0.717) is 28.2 Å². The minimum atomic E-state index is 0.0185. The molecule has 1 saturated heterocycles. The Bertz CT molecular complexity index is 693. The van der Waals surface area contributed by atoms with Gasteiger partial charge in [-0.15, -0.1) is 0 Å². The molecule has 0 spiro atoms. The number of rotatable bonds is 4. The van der Waals surface area contributed by atoms with Crippen LogP contribution in [0.2, 0.25) is 15.1 Å². The first-order valence-electron chi connectivity index (χ1n) is 7.87. The number of halogens is 3. The van der Waals surface area contributed by atoms with Gasteiger partial charge in [0.1, 0.15) is 0 Å². The second kappa shape index (κ2) is 7.94. The summed E-state index contributed by atoms with van der Waals surface area (Å²) in [6.07, 6.45) is 0.929. The lowest BCUT2D eigenvalue weighted by atomic mass is 10.0. The normalized spacial score (nSPS) is 21.1. The van der Waals surface area contributed by atoms with Crippen LogP contribution in [-0.2, 0) is 4.74 Å². The van der Waals surface area contributed by atoms with Gasteiger partial charge < -0.3 is 15.4 Å². The number of nitrogens with zero attached hydrogens (tertiary/aromatic N) is 1. The molecule has 0 aromatic heterocycles. The van der Waals surface area contributed by atoms with Crippen molar-refractivity contribution in [3.63, 3.8) is 0 Å². The van der Waals surface area contributed by atoms with Crippen LogP contribution in [0.25, 0.3) is 0 Å². The van der Waals surface area contributed by atoms with Gasteiger partial charge in [0.2, 0.25) is 0 Å². The van der Waals surface area contributed by atoms with Gasteiger partial charge in [0, 0.05) is 27.3 Å². The monoisotopic (exact) mass is 384 g/mol. The van der Waals surface area contributed by atoms with Crippen LogP contribution in [0.4, 0.5) is 5.69 Å². The van der Waals surface area contributed by atoms with Gasteiger partial charge in [-0.2, -0.15) is 0 Å². The molecule has 24 heavy (non-hydrogen) atoms. The van der Waals surface area contributed by atoms with E-state index in [-0.39, 0.29) is 12.1 Å². The van der Waals surface area contributed by atoms with Gasteiger partial charge in [-0.1, -0.05) is 40.9 Å². The fraction of sp³-hybridized carbons (Fsp3) is 0.333. The second-order valence-corrected chi connectivity index (χ2v) is 7.12. The molecule has 2 aromatic rings. The van der Waals surface area contributed by atoms with E-state index in [0.717, 1.165) is 24.2 Å². The van der Waals surface area contributed by atoms with Crippen molar-refractivity contribution >= 4 is 40.5 Å². The zero-order valence-electron chi connectivity index (χ0n) is 13.1. The summed E-state index contributed by atoms with van der Waals surface area (Å²) in [6, 6.07) is 13.4. The molecule has 0 bridgehead atoms. The van der Waals surface area contributed by atoms with Crippen LogP contribution in [0.5, 0.6) is 0 Å². The van der Waals surface area contributed by atoms with Crippen molar-refractivity contribution in [2.45, 2.75) is 18.6 Å². The third-order valence-corrected chi connectivity index (χ3v) is 5.05. The molecule has 2 atom stereocenters. The molecule has 6 heteroatoms. The van der Waals surface area contributed by atoms with Crippen LogP contribution in [0.3, 0.4) is 0 Å². The smallest absolute Gasteiger partial charge is 0.0791 e. The fourth-order valence-corrected chi connectivity index (χ4v) is 3.68. The minimum Gasteiger partial charge on any atom is -0.374 e. The highest BCUT2D eigenvalue weighted by molar-refractivity contribution is 6.35. The number of hydrogen-bond acceptors (Lipinski definition) is 3. The van der Waals surface area contributed by atoms with E-state index in [9.17, 15) is 0 Å². The first kappa shape index (κ1) is 17.8. The molecule has 2 aromatic carbocycles. The second-order valence-electron chi connectivity index (χ2n) is 5.84. The molecule has 3 nitrogen and oxygen atoms in total. The number of benzene rings is 2. The van der Waals surface area contributed by atoms with Gasteiger partial charge in [0.05, 0.1) is 18.8 Å². The summed E-state index contributed by atoms with van der Waals surface area (Å²) in [6.45, 7) is 1.91. The van der Waals surface area contributed by atoms with Gasteiger partial charge in [0.15, 0.2) is 0 Å². The third kappa shape index (κ3) is 3.98. The Morgan fingerprint density at radius 1 is 1.04 bits per heavy atom. The fourth-order valence-electron chi connectivity index (χ4n) is 3.02. The molecule has 2 unspecified atom stereocenters. The largest absolute Gasteiger partial charge is 0.374 e. The van der Waals surface area contributed by atoms with Crippen molar-refractivity contribution in [2.24, 2.45) is 5.73 Å². The lowest BCUT2D eigenvalue weighted by molar-refractivity contribution is 0.0155. The van der Waals surface area contributed by atoms with Crippen LogP contribution in [-0.4, -0.2) is 25.8 Å². The van der Waals surface area contributed by atoms with E-state index in [2.05, 4.69) is 4.90 Å². The van der Waals surface area contributed by atoms with E-state index < -0.39 is 0 Å². The van der Waals surface area contributed by atoms with Crippen LogP contribution >= 0.6 is 34.8 Å². The van der Waals surface area contributed by atoms with Crippen molar-refractivity contribution in [2.75, 3.05) is 24.6 Å². The highest BCUT2D eigenvalue weighted by atomic mass is 35.5. The van der Waals surface area contributed by atoms with E-state index in [4.69, 9.17) is 45.3 Å². The molecule has 3 rings (SSSR count). The number of hydrogen-bond donors (Lipinski definition) is 1. The maximum atomic E-state index is 6.43. The molecule has 128 valence electrons. The summed E-state index contributed by atoms with van der Waals surface area (Å²) in [5.74, 6) is 0. The Hall–Kier alpha value is -0.970. The summed E-state index contributed by atoms with van der Waals surface area (Å²) in [4.78, 5) is 2.30. The molecular weight excluding hydrogens is 367 g/mol. The predicted octanol–water partition coefficient (Wildman–Crippen LogP) is 4.94. The van der Waals surface area contributed by atoms with E-state index in [1.807, 2.05) is 36.4 Å². The first-order chi connectivity index (χ1) is 11.6. The highest BCUT2D eigenvalue weighted by Gasteiger charge is 2.31. The Morgan fingerprint density at radius 3 is 2.42 bits per heavy atom. The van der Waals surface area contributed by atoms with Gasteiger partial charge in [0.25, 0.3) is 0 Å². The number of ether oxygens (including phenoxy) is 1. The van der Waals surface area contributed by atoms with Gasteiger partial charge in [-0.05, 0) is 54.9 Å². The number of anilines is 1. The Morgan fingerprint density at radius 2 is 1.75 bits per heavy atom. The molecule has 1 aliphatic rings. The summed E-state index contributed by atoms with van der Waals surface area (Å²) < 4.78 is 6.01. The molecule has 0 aliphatic carbocycles. The molecule has 2 N–H and O–H groups in total. The molecule has 0 radical (unpaired) electrons. The van der Waals surface area contributed by atoms with E-state index in [1.54, 1.807) is 6.07 Å². The van der Waals surface area contributed by atoms with Crippen LogP contribution in [0, 0.1) is 0 Å². The van der Waals surface area contributed by atoms with Gasteiger partial charge >= 0.3 is 0 Å². The molecule has 0 amide bonds. The van der Waals surface area contributed by atoms with Crippen molar-refractivity contribution in [1.29, 1.82) is 0 Å². The Kier molecular flexibility index (Phi) is 5.90. The van der Waals surface area contributed by atoms with Crippen molar-refractivity contribution in [3.05, 3.63) is 63.1 Å². The topological polar surface area (TPSA) is 38.5 Å². The lowest BCUT2D eigenvalue weighted by Gasteiger charge is -2.42. The molecule has 1 fully saturated rings. The van der Waals surface area contributed by atoms with Crippen molar-refractivity contribution < 1.29 is 4.74 Å². The SMILES string of the molecule is NCCC1CN(c2ccc(Cl)cc2)C(c2ccc(Cl)cc2Cl)CO1. The minimum absolute atomic E-state index is 0.0185. The van der Waals surface area contributed by atoms with Crippen molar-refractivity contribution in [1.82, 2.24) is 0 Å². The molecule has 1 aliphatic heterocycles. The third-order valence-electron chi connectivity index (χ3n) is 4.23. The number of morpholine rings is 1. The lowest BCUT2D eigenvalue weighted by Crippen LogP contribution is -2.45. The standard InChI is InChI=1S/C18H19Cl3N2O/c19-12-1-4-14(5-2-12)23-10-15(7-8-22)24-11-18(23)16-6-3-13(20)9-17(16)21/h1-6,9,15,18H,7-8,10-11,22H2. The molecular formula is C18H19Cl3N2O. The van der Waals surface area contributed by atoms with Gasteiger partial charge in [-0.25, -0.2) is 0 Å². The predicted molar refractivity (Wildman–Crippen MR) is 101 cm³/mol. The number of nitrogens with two attached hydrogens (primary N) is 1. The first-order valence-corrected chi connectivity index (χ1v) is 9.00. The summed E-state index contributed by atoms with van der Waals surface area (Å²) >= 11 is 18.5. The van der Waals surface area contributed by atoms with Gasteiger partial charge in [-0.3, -0.25) is 0 Å². The van der Waals surface area contributed by atoms with Crippen LogP contribution in [0.15, 0.2) is 42.5 Å².